The highest BCUT2D eigenvalue weighted by atomic mass is 19.4. The molecule has 158 valence electrons. The second kappa shape index (κ2) is 8.14. The van der Waals surface area contributed by atoms with E-state index in [1.54, 1.807) is 12.3 Å². The first-order chi connectivity index (χ1) is 14.3. The molecule has 2 N–H and O–H groups in total. The number of hydrogen-bond acceptors (Lipinski definition) is 4. The molecule has 7 heteroatoms. The van der Waals surface area contributed by atoms with Crippen molar-refractivity contribution in [1.82, 2.24) is 10.3 Å². The van der Waals surface area contributed by atoms with E-state index in [1.165, 1.54) is 13.0 Å². The van der Waals surface area contributed by atoms with E-state index in [2.05, 4.69) is 38.7 Å². The van der Waals surface area contributed by atoms with Gasteiger partial charge in [0.05, 0.1) is 11.6 Å². The molecule has 4 nitrogen and oxygen atoms in total. The molecule has 1 fully saturated rings. The lowest BCUT2D eigenvalue weighted by atomic mass is 9.97. The second-order valence-corrected chi connectivity index (χ2v) is 7.69. The van der Waals surface area contributed by atoms with Crippen LogP contribution in [0, 0.1) is 6.92 Å². The highest BCUT2D eigenvalue weighted by molar-refractivity contribution is 5.94. The molecule has 4 rings (SSSR count). The third kappa shape index (κ3) is 4.07. The van der Waals surface area contributed by atoms with E-state index >= 15 is 0 Å². The second-order valence-electron chi connectivity index (χ2n) is 7.69. The van der Waals surface area contributed by atoms with Crippen molar-refractivity contribution in [1.29, 1.82) is 0 Å². The first kappa shape index (κ1) is 20.5. The third-order valence-electron chi connectivity index (χ3n) is 5.73. The largest absolute Gasteiger partial charge is 0.416 e. The minimum Gasteiger partial charge on any atom is -0.369 e. The lowest BCUT2D eigenvalue weighted by Gasteiger charge is -2.29. The van der Waals surface area contributed by atoms with Crippen molar-refractivity contribution in [3.05, 3.63) is 65.4 Å². The molecule has 0 radical (unpaired) electrons. The van der Waals surface area contributed by atoms with Gasteiger partial charge in [-0.15, -0.1) is 0 Å². The molecule has 1 saturated heterocycles. The van der Waals surface area contributed by atoms with Crippen molar-refractivity contribution in [2.75, 3.05) is 36.4 Å². The minimum atomic E-state index is -4.37. The zero-order chi connectivity index (χ0) is 21.3. The molecule has 0 saturated carbocycles. The fraction of sp³-hybridized carbons (Fsp3) is 0.348. The van der Waals surface area contributed by atoms with Crippen LogP contribution in [0.4, 0.5) is 24.7 Å². The van der Waals surface area contributed by atoms with Gasteiger partial charge >= 0.3 is 6.18 Å². The molecule has 2 aromatic carbocycles. The molecule has 0 unspecified atom stereocenters. The Labute approximate surface area is 174 Å². The number of fused-ring (bicyclic) bond motifs is 1. The van der Waals surface area contributed by atoms with E-state index in [1.807, 2.05) is 13.0 Å². The lowest BCUT2D eigenvalue weighted by molar-refractivity contribution is -0.138. The number of piperazine rings is 1. The van der Waals surface area contributed by atoms with Gasteiger partial charge < -0.3 is 15.5 Å². The molecule has 1 atom stereocenters. The Morgan fingerprint density at radius 1 is 1.10 bits per heavy atom. The third-order valence-corrected chi connectivity index (χ3v) is 5.73. The van der Waals surface area contributed by atoms with Crippen LogP contribution >= 0.6 is 0 Å². The van der Waals surface area contributed by atoms with Crippen molar-refractivity contribution in [2.24, 2.45) is 0 Å². The number of anilines is 2. The van der Waals surface area contributed by atoms with Crippen LogP contribution in [0.25, 0.3) is 10.8 Å². The Morgan fingerprint density at radius 2 is 1.87 bits per heavy atom. The Morgan fingerprint density at radius 3 is 2.60 bits per heavy atom. The molecular formula is C23H25F3N4. The summed E-state index contributed by atoms with van der Waals surface area (Å²) in [4.78, 5) is 6.82. The smallest absolute Gasteiger partial charge is 0.369 e. The Balaban J connectivity index is 1.67. The van der Waals surface area contributed by atoms with Crippen LogP contribution in [0.3, 0.4) is 0 Å². The SMILES string of the molecule is Cc1c([C@@H](C)Nc2nccc3ccc(N4CCNCC4)cc23)cccc1C(F)(F)F. The zero-order valence-corrected chi connectivity index (χ0v) is 17.1. The average Bonchev–Trinajstić information content (AvgIpc) is 2.73. The van der Waals surface area contributed by atoms with Crippen LogP contribution in [0.15, 0.2) is 48.7 Å². The number of halogens is 3. The zero-order valence-electron chi connectivity index (χ0n) is 17.1. The van der Waals surface area contributed by atoms with Gasteiger partial charge in [-0.05, 0) is 54.6 Å². The topological polar surface area (TPSA) is 40.2 Å². The maximum absolute atomic E-state index is 13.3. The first-order valence-electron chi connectivity index (χ1n) is 10.1. The van der Waals surface area contributed by atoms with E-state index in [4.69, 9.17) is 0 Å². The number of benzene rings is 2. The summed E-state index contributed by atoms with van der Waals surface area (Å²) in [6.07, 6.45) is -2.64. The van der Waals surface area contributed by atoms with E-state index in [9.17, 15) is 13.2 Å². The predicted octanol–water partition coefficient (Wildman–Crippen LogP) is 5.14. The molecular weight excluding hydrogens is 389 g/mol. The number of rotatable bonds is 4. The summed E-state index contributed by atoms with van der Waals surface area (Å²) in [5.41, 5.74) is 1.39. The van der Waals surface area contributed by atoms with Gasteiger partial charge in [0.25, 0.3) is 0 Å². The van der Waals surface area contributed by atoms with Crippen molar-refractivity contribution in [3.8, 4) is 0 Å². The molecule has 1 aromatic heterocycles. The highest BCUT2D eigenvalue weighted by Gasteiger charge is 2.33. The number of nitrogens with one attached hydrogen (secondary N) is 2. The van der Waals surface area contributed by atoms with Crippen LogP contribution in [0.1, 0.15) is 29.7 Å². The van der Waals surface area contributed by atoms with Crippen LogP contribution < -0.4 is 15.5 Å². The van der Waals surface area contributed by atoms with Gasteiger partial charge in [-0.2, -0.15) is 13.2 Å². The summed E-state index contributed by atoms with van der Waals surface area (Å²) in [5, 5.41) is 8.70. The van der Waals surface area contributed by atoms with Gasteiger partial charge in [-0.25, -0.2) is 4.98 Å². The van der Waals surface area contributed by atoms with E-state index < -0.39 is 11.7 Å². The highest BCUT2D eigenvalue weighted by Crippen LogP contribution is 2.36. The summed E-state index contributed by atoms with van der Waals surface area (Å²) in [5.74, 6) is 0.675. The normalized spacial score (nSPS) is 16.0. The summed E-state index contributed by atoms with van der Waals surface area (Å²) < 4.78 is 39.9. The van der Waals surface area contributed by atoms with Crippen molar-refractivity contribution >= 4 is 22.3 Å². The number of nitrogens with zero attached hydrogens (tertiary/aromatic N) is 2. The van der Waals surface area contributed by atoms with E-state index in [-0.39, 0.29) is 11.6 Å². The van der Waals surface area contributed by atoms with Crippen molar-refractivity contribution in [2.45, 2.75) is 26.1 Å². The van der Waals surface area contributed by atoms with Gasteiger partial charge in [-0.3, -0.25) is 0 Å². The molecule has 0 amide bonds. The van der Waals surface area contributed by atoms with Gasteiger partial charge in [0, 0.05) is 43.4 Å². The molecule has 1 aliphatic heterocycles. The average molecular weight is 414 g/mol. The van der Waals surface area contributed by atoms with Crippen molar-refractivity contribution < 1.29 is 13.2 Å². The summed E-state index contributed by atoms with van der Waals surface area (Å²) in [7, 11) is 0. The van der Waals surface area contributed by atoms with Crippen LogP contribution in [-0.2, 0) is 6.18 Å². The van der Waals surface area contributed by atoms with Crippen LogP contribution in [0.2, 0.25) is 0 Å². The van der Waals surface area contributed by atoms with Crippen LogP contribution in [-0.4, -0.2) is 31.2 Å². The molecule has 0 spiro atoms. The minimum absolute atomic E-state index is 0.242. The van der Waals surface area contributed by atoms with Gasteiger partial charge in [0.15, 0.2) is 0 Å². The lowest BCUT2D eigenvalue weighted by Crippen LogP contribution is -2.43. The van der Waals surface area contributed by atoms with E-state index in [0.717, 1.165) is 48.7 Å². The maximum atomic E-state index is 13.3. The van der Waals surface area contributed by atoms with Gasteiger partial charge in [-0.1, -0.05) is 18.2 Å². The number of pyridine rings is 1. The molecule has 2 heterocycles. The Kier molecular flexibility index (Phi) is 5.56. The number of alkyl halides is 3. The molecule has 0 bridgehead atoms. The number of aromatic nitrogens is 1. The quantitative estimate of drug-likeness (QED) is 0.620. The summed E-state index contributed by atoms with van der Waals surface area (Å²) in [6.45, 7) is 7.16. The van der Waals surface area contributed by atoms with Crippen LogP contribution in [0.5, 0.6) is 0 Å². The Hall–Kier alpha value is -2.80. The predicted molar refractivity (Wildman–Crippen MR) is 115 cm³/mol. The van der Waals surface area contributed by atoms with Gasteiger partial charge in [0.2, 0.25) is 0 Å². The molecule has 1 aliphatic rings. The first-order valence-corrected chi connectivity index (χ1v) is 10.1. The Bertz CT molecular complexity index is 1040. The monoisotopic (exact) mass is 414 g/mol. The fourth-order valence-corrected chi connectivity index (χ4v) is 4.10. The number of hydrogen-bond donors (Lipinski definition) is 2. The molecule has 0 aliphatic carbocycles. The molecule has 30 heavy (non-hydrogen) atoms. The molecule has 3 aromatic rings. The van der Waals surface area contributed by atoms with Crippen molar-refractivity contribution in [3.63, 3.8) is 0 Å². The summed E-state index contributed by atoms with van der Waals surface area (Å²) in [6, 6.07) is 12.2. The standard InChI is InChI=1S/C23H25F3N4/c1-15-19(4-3-5-21(15)23(24,25)26)16(2)29-22-20-14-18(30-12-10-27-11-13-30)7-6-17(20)8-9-28-22/h3-9,14,16,27H,10-13H2,1-2H3,(H,28,29)/t16-/m1/s1. The fourth-order valence-electron chi connectivity index (χ4n) is 4.10. The summed E-state index contributed by atoms with van der Waals surface area (Å²) >= 11 is 0. The van der Waals surface area contributed by atoms with E-state index in [0.29, 0.717) is 11.4 Å². The van der Waals surface area contributed by atoms with Gasteiger partial charge in [0.1, 0.15) is 5.82 Å². The maximum Gasteiger partial charge on any atom is 0.416 e.